The number of benzene rings is 2. The molecule has 0 aliphatic heterocycles. The minimum absolute atomic E-state index is 0.0773. The van der Waals surface area contributed by atoms with Gasteiger partial charge in [-0.25, -0.2) is 27.1 Å². The molecule has 0 bridgehead atoms. The number of methoxy groups -OCH3 is 1. The van der Waals surface area contributed by atoms with Crippen molar-refractivity contribution in [1.29, 1.82) is 0 Å². The number of nitrogens with zero attached hydrogens (tertiary/aromatic N) is 1. The van der Waals surface area contributed by atoms with Crippen LogP contribution in [0.1, 0.15) is 40.9 Å². The number of ketones is 1. The van der Waals surface area contributed by atoms with E-state index in [1.807, 2.05) is 0 Å². The summed E-state index contributed by atoms with van der Waals surface area (Å²) in [5.74, 6) is -3.75. The van der Waals surface area contributed by atoms with E-state index in [-0.39, 0.29) is 44.2 Å². The number of thiophene rings is 1. The maximum absolute atomic E-state index is 16.8. The molecule has 2 aliphatic carbocycles. The Labute approximate surface area is 268 Å². The Balaban J connectivity index is 1.50. The van der Waals surface area contributed by atoms with Gasteiger partial charge in [0.2, 0.25) is 15.8 Å². The van der Waals surface area contributed by atoms with Crippen LogP contribution in [0.4, 0.5) is 13.6 Å². The number of sulfonamides is 1. The number of carboxylic acid groups (broad SMARTS) is 1. The SMILES string of the molecule is COC1(F)C=C(C(=O)c2cc3cccc(F)c3s2)C(c2ccc(S(N)(=O)=O)cc2)=CC1(Cl)CNC1CCC(N(C)C(=O)O)CC1. The van der Waals surface area contributed by atoms with E-state index in [0.717, 1.165) is 24.5 Å². The number of primary sulfonamides is 1. The monoisotopic (exact) mass is 679 g/mol. The van der Waals surface area contributed by atoms with E-state index in [1.54, 1.807) is 6.07 Å². The van der Waals surface area contributed by atoms with E-state index in [1.165, 1.54) is 60.5 Å². The Bertz CT molecular complexity index is 1800. The third kappa shape index (κ3) is 6.56. The molecule has 0 saturated heterocycles. The van der Waals surface area contributed by atoms with Crippen molar-refractivity contribution < 1.29 is 36.6 Å². The molecule has 240 valence electrons. The lowest BCUT2D eigenvalue weighted by Crippen LogP contribution is -2.55. The molecule has 14 heteroatoms. The number of nitrogens with two attached hydrogens (primary N) is 1. The van der Waals surface area contributed by atoms with Crippen molar-refractivity contribution in [1.82, 2.24) is 10.2 Å². The number of halogens is 3. The zero-order valence-electron chi connectivity index (χ0n) is 24.4. The van der Waals surface area contributed by atoms with E-state index in [2.05, 4.69) is 5.32 Å². The Morgan fingerprint density at radius 1 is 1.16 bits per heavy atom. The van der Waals surface area contributed by atoms with E-state index in [9.17, 15) is 27.5 Å². The summed E-state index contributed by atoms with van der Waals surface area (Å²) >= 11 is 7.96. The lowest BCUT2D eigenvalue weighted by molar-refractivity contribution is -0.100. The fourth-order valence-electron chi connectivity index (χ4n) is 5.83. The van der Waals surface area contributed by atoms with Crippen molar-refractivity contribution in [3.05, 3.63) is 82.5 Å². The summed E-state index contributed by atoms with van der Waals surface area (Å²) in [5, 5.41) is 18.4. The lowest BCUT2D eigenvalue weighted by Gasteiger charge is -2.41. The van der Waals surface area contributed by atoms with Crippen LogP contribution in [0.3, 0.4) is 0 Å². The number of fused-ring (bicyclic) bond motifs is 1. The van der Waals surface area contributed by atoms with Gasteiger partial charge in [-0.2, -0.15) is 0 Å². The predicted molar refractivity (Wildman–Crippen MR) is 169 cm³/mol. The smallest absolute Gasteiger partial charge is 0.407 e. The molecule has 1 heterocycles. The number of nitrogens with one attached hydrogen (secondary N) is 1. The number of amides is 1. The van der Waals surface area contributed by atoms with Gasteiger partial charge in [0.1, 0.15) is 10.7 Å². The molecule has 3 aromatic rings. The van der Waals surface area contributed by atoms with Gasteiger partial charge >= 0.3 is 6.09 Å². The van der Waals surface area contributed by atoms with Crippen LogP contribution in [-0.4, -0.2) is 73.8 Å². The third-order valence-electron chi connectivity index (χ3n) is 8.51. The number of hydrogen-bond acceptors (Lipinski definition) is 7. The molecule has 1 amide bonds. The minimum Gasteiger partial charge on any atom is -0.465 e. The van der Waals surface area contributed by atoms with E-state index in [0.29, 0.717) is 36.6 Å². The lowest BCUT2D eigenvalue weighted by atomic mass is 9.80. The quantitative estimate of drug-likeness (QED) is 0.195. The fourth-order valence-corrected chi connectivity index (χ4v) is 7.68. The van der Waals surface area contributed by atoms with Crippen LogP contribution in [0.25, 0.3) is 15.7 Å². The van der Waals surface area contributed by atoms with Gasteiger partial charge in [-0.1, -0.05) is 24.3 Å². The topological polar surface area (TPSA) is 139 Å². The number of allylic oxidation sites excluding steroid dienone is 2. The van der Waals surface area contributed by atoms with Gasteiger partial charge in [0.15, 0.2) is 0 Å². The van der Waals surface area contributed by atoms with Crippen LogP contribution >= 0.6 is 22.9 Å². The van der Waals surface area contributed by atoms with Crippen LogP contribution in [0.15, 0.2) is 71.2 Å². The highest BCUT2D eigenvalue weighted by molar-refractivity contribution is 7.89. The molecule has 2 atom stereocenters. The van der Waals surface area contributed by atoms with Gasteiger partial charge in [0.05, 0.1) is 14.5 Å². The molecule has 9 nitrogen and oxygen atoms in total. The third-order valence-corrected chi connectivity index (χ3v) is 11.1. The Hall–Kier alpha value is -3.20. The second kappa shape index (κ2) is 12.5. The number of Topliss-reactive ketones (excluding diaryl/α,β-unsaturated/α-hetero) is 1. The number of rotatable bonds is 9. The van der Waals surface area contributed by atoms with Crippen molar-refractivity contribution in [3.8, 4) is 0 Å². The number of carbonyl (C=O) groups is 2. The average molecular weight is 680 g/mol. The molecule has 5 rings (SSSR count). The first-order valence-electron chi connectivity index (χ1n) is 14.1. The summed E-state index contributed by atoms with van der Waals surface area (Å²) in [6.07, 6.45) is 3.92. The Morgan fingerprint density at radius 2 is 1.82 bits per heavy atom. The van der Waals surface area contributed by atoms with Crippen molar-refractivity contribution in [3.63, 3.8) is 0 Å². The molecular formula is C31H32ClF2N3O6S2. The second-order valence-electron chi connectivity index (χ2n) is 11.3. The highest BCUT2D eigenvalue weighted by Crippen LogP contribution is 2.47. The van der Waals surface area contributed by atoms with Crippen LogP contribution in [0.2, 0.25) is 0 Å². The van der Waals surface area contributed by atoms with Gasteiger partial charge in [0.25, 0.3) is 5.85 Å². The highest BCUT2D eigenvalue weighted by atomic mass is 35.5. The maximum Gasteiger partial charge on any atom is 0.407 e. The number of alkyl halides is 2. The van der Waals surface area contributed by atoms with Gasteiger partial charge in [0, 0.05) is 38.4 Å². The zero-order valence-corrected chi connectivity index (χ0v) is 26.8. The number of carbonyl (C=O) groups excluding carboxylic acids is 1. The fraction of sp³-hybridized carbons (Fsp3) is 0.355. The Morgan fingerprint density at radius 3 is 2.40 bits per heavy atom. The number of ether oxygens (including phenoxy) is 1. The van der Waals surface area contributed by atoms with Crippen molar-refractivity contribution in [2.75, 3.05) is 20.7 Å². The molecule has 2 aliphatic rings. The van der Waals surface area contributed by atoms with Gasteiger partial charge in [-0.3, -0.25) is 4.79 Å². The average Bonchev–Trinajstić information content (AvgIpc) is 3.46. The Kier molecular flexibility index (Phi) is 9.24. The first-order valence-corrected chi connectivity index (χ1v) is 16.8. The van der Waals surface area contributed by atoms with Gasteiger partial charge < -0.3 is 20.1 Å². The van der Waals surface area contributed by atoms with Crippen LogP contribution in [0.5, 0.6) is 0 Å². The highest BCUT2D eigenvalue weighted by Gasteiger charge is 2.53. The first-order chi connectivity index (χ1) is 21.2. The van der Waals surface area contributed by atoms with Gasteiger partial charge in [-0.15, -0.1) is 22.9 Å². The molecule has 2 aromatic carbocycles. The summed E-state index contributed by atoms with van der Waals surface area (Å²) in [5.41, 5.74) is 0.505. The standard InChI is InChI=1S/C31H32ClF2N3O6S2/c1-37(29(39)40)21-10-8-20(9-11-21)36-17-30(32)15-23(18-6-12-22(13-7-18)45(35,41)42)24(16-31(30,34)43-2)27(38)26-14-19-4-3-5-25(33)28(19)44-26/h3-7,12-16,20-21,36H,8-11,17H2,1-2H3,(H,39,40)(H2,35,41,42). The van der Waals surface area contributed by atoms with E-state index < -0.39 is 38.4 Å². The van der Waals surface area contributed by atoms with Crippen LogP contribution in [0, 0.1) is 5.82 Å². The van der Waals surface area contributed by atoms with Crippen LogP contribution in [-0.2, 0) is 14.8 Å². The maximum atomic E-state index is 16.8. The summed E-state index contributed by atoms with van der Waals surface area (Å²) < 4.78 is 60.6. The molecule has 1 fully saturated rings. The van der Waals surface area contributed by atoms with Gasteiger partial charge in [-0.05, 0) is 78.6 Å². The molecular weight excluding hydrogens is 648 g/mol. The molecule has 4 N–H and O–H groups in total. The van der Waals surface area contributed by atoms with Crippen molar-refractivity contribution >= 4 is 60.5 Å². The second-order valence-corrected chi connectivity index (χ2v) is 14.6. The van der Waals surface area contributed by atoms with E-state index in [4.69, 9.17) is 21.5 Å². The van der Waals surface area contributed by atoms with Crippen molar-refractivity contribution in [2.45, 2.75) is 53.4 Å². The predicted octanol–water partition coefficient (Wildman–Crippen LogP) is 5.69. The number of hydrogen-bond donors (Lipinski definition) is 3. The molecule has 2 unspecified atom stereocenters. The largest absolute Gasteiger partial charge is 0.465 e. The summed E-state index contributed by atoms with van der Waals surface area (Å²) in [6.45, 7) is -0.117. The van der Waals surface area contributed by atoms with Crippen molar-refractivity contribution in [2.24, 2.45) is 5.14 Å². The minimum atomic E-state index is -4.01. The molecule has 45 heavy (non-hydrogen) atoms. The molecule has 1 saturated carbocycles. The molecule has 0 radical (unpaired) electrons. The summed E-state index contributed by atoms with van der Waals surface area (Å²) in [7, 11) is -1.34. The summed E-state index contributed by atoms with van der Waals surface area (Å²) in [4.78, 5) is 24.8. The first kappa shape index (κ1) is 33.2. The molecule has 0 spiro atoms. The normalized spacial score (nSPS) is 25.5. The zero-order chi connectivity index (χ0) is 32.7. The molecule has 1 aromatic heterocycles. The van der Waals surface area contributed by atoms with Crippen LogP contribution < -0.4 is 10.5 Å². The summed E-state index contributed by atoms with van der Waals surface area (Å²) in [6, 6.07) is 11.3. The van der Waals surface area contributed by atoms with E-state index >= 15 is 4.39 Å².